The number of carbonyl (C=O) groups is 2. The van der Waals surface area contributed by atoms with Crippen molar-refractivity contribution in [1.82, 2.24) is 10.2 Å². The van der Waals surface area contributed by atoms with Gasteiger partial charge in [-0.3, -0.25) is 13.9 Å². The van der Waals surface area contributed by atoms with E-state index in [0.717, 1.165) is 25.5 Å². The number of nitrogens with zero attached hydrogens (tertiary/aromatic N) is 2. The first-order valence-electron chi connectivity index (χ1n) is 13.3. The van der Waals surface area contributed by atoms with Gasteiger partial charge in [0.15, 0.2) is 0 Å². The van der Waals surface area contributed by atoms with Gasteiger partial charge in [0.1, 0.15) is 12.6 Å². The Morgan fingerprint density at radius 1 is 0.884 bits per heavy atom. The molecule has 4 aromatic carbocycles. The average Bonchev–Trinajstić information content (AvgIpc) is 3.00. The molecule has 43 heavy (non-hydrogen) atoms. The van der Waals surface area contributed by atoms with E-state index < -0.39 is 28.5 Å². The van der Waals surface area contributed by atoms with Crippen LogP contribution in [0.15, 0.2) is 106 Å². The SMILES string of the molecule is CNC(=O)[C@H](Cc1ccccc1)N(Cc1ccc(Br)cc1)C(=O)CN(c1cc(Cl)ccc1Cl)S(=O)(=O)c1ccc(C)cc1. The first-order chi connectivity index (χ1) is 20.5. The first-order valence-corrected chi connectivity index (χ1v) is 16.3. The summed E-state index contributed by atoms with van der Waals surface area (Å²) in [4.78, 5) is 29.0. The van der Waals surface area contributed by atoms with Crippen LogP contribution in [0.4, 0.5) is 5.69 Å². The normalized spacial score (nSPS) is 11.9. The van der Waals surface area contributed by atoms with Crippen molar-refractivity contribution in [1.29, 1.82) is 0 Å². The van der Waals surface area contributed by atoms with Gasteiger partial charge in [-0.2, -0.15) is 0 Å². The predicted molar refractivity (Wildman–Crippen MR) is 175 cm³/mol. The van der Waals surface area contributed by atoms with Crippen molar-refractivity contribution in [3.63, 3.8) is 0 Å². The van der Waals surface area contributed by atoms with Gasteiger partial charge in [0.25, 0.3) is 10.0 Å². The van der Waals surface area contributed by atoms with Crippen molar-refractivity contribution in [3.8, 4) is 0 Å². The molecular formula is C32H30BrCl2N3O4S. The van der Waals surface area contributed by atoms with Crippen LogP contribution >= 0.6 is 39.1 Å². The molecule has 0 aliphatic carbocycles. The number of nitrogens with one attached hydrogen (secondary N) is 1. The smallest absolute Gasteiger partial charge is 0.264 e. The Morgan fingerprint density at radius 3 is 2.16 bits per heavy atom. The molecule has 0 saturated carbocycles. The summed E-state index contributed by atoms with van der Waals surface area (Å²) >= 11 is 16.2. The van der Waals surface area contributed by atoms with E-state index in [1.54, 1.807) is 12.1 Å². The summed E-state index contributed by atoms with van der Waals surface area (Å²) in [7, 11) is -2.79. The molecule has 4 rings (SSSR count). The minimum atomic E-state index is -4.29. The van der Waals surface area contributed by atoms with Crippen LogP contribution in [0.5, 0.6) is 0 Å². The highest BCUT2D eigenvalue weighted by Gasteiger charge is 2.35. The number of benzene rings is 4. The van der Waals surface area contributed by atoms with E-state index in [1.807, 2.05) is 61.5 Å². The van der Waals surface area contributed by atoms with Crippen LogP contribution in [0.3, 0.4) is 0 Å². The molecule has 0 aliphatic rings. The molecule has 0 bridgehead atoms. The Morgan fingerprint density at radius 2 is 1.53 bits per heavy atom. The van der Waals surface area contributed by atoms with E-state index >= 15 is 0 Å². The summed E-state index contributed by atoms with van der Waals surface area (Å²) in [6.07, 6.45) is 0.214. The second-order valence-corrected chi connectivity index (χ2v) is 13.5. The lowest BCUT2D eigenvalue weighted by molar-refractivity contribution is -0.139. The number of hydrogen-bond donors (Lipinski definition) is 1. The van der Waals surface area contributed by atoms with E-state index in [4.69, 9.17) is 23.2 Å². The van der Waals surface area contributed by atoms with Crippen LogP contribution in [0.1, 0.15) is 16.7 Å². The monoisotopic (exact) mass is 701 g/mol. The van der Waals surface area contributed by atoms with Gasteiger partial charge in [-0.25, -0.2) is 8.42 Å². The van der Waals surface area contributed by atoms with Gasteiger partial charge in [0.05, 0.1) is 15.6 Å². The quantitative estimate of drug-likeness (QED) is 0.190. The highest BCUT2D eigenvalue weighted by atomic mass is 79.9. The molecule has 224 valence electrons. The van der Waals surface area contributed by atoms with Crippen molar-refractivity contribution >= 4 is 66.7 Å². The molecule has 2 amide bonds. The fourth-order valence-corrected chi connectivity index (χ4v) is 6.66. The third-order valence-corrected chi connectivity index (χ3v) is 9.71. The van der Waals surface area contributed by atoms with Crippen molar-refractivity contribution in [2.24, 2.45) is 0 Å². The Labute approximate surface area is 270 Å². The lowest BCUT2D eigenvalue weighted by Crippen LogP contribution is -2.53. The highest BCUT2D eigenvalue weighted by molar-refractivity contribution is 9.10. The second kappa shape index (κ2) is 14.4. The molecular weight excluding hydrogens is 673 g/mol. The van der Waals surface area contributed by atoms with Crippen LogP contribution in [-0.2, 0) is 32.6 Å². The zero-order valence-corrected chi connectivity index (χ0v) is 27.4. The van der Waals surface area contributed by atoms with Crippen LogP contribution < -0.4 is 9.62 Å². The van der Waals surface area contributed by atoms with Crippen molar-refractivity contribution < 1.29 is 18.0 Å². The standard InChI is InChI=1S/C32H30BrCl2N3O4S/c1-22-8-15-27(16-9-22)43(41,42)38(29-19-26(34)14-17-28(29)35)21-31(39)37(20-24-10-12-25(33)13-11-24)30(32(40)36-2)18-23-6-4-3-5-7-23/h3-17,19,30H,18,20-21H2,1-2H3,(H,36,40)/t30-/m0/s1. The third-order valence-electron chi connectivity index (χ3n) is 6.85. The number of amides is 2. The third kappa shape index (κ3) is 8.17. The second-order valence-electron chi connectivity index (χ2n) is 9.89. The molecule has 0 saturated heterocycles. The zero-order valence-electron chi connectivity index (χ0n) is 23.5. The minimum Gasteiger partial charge on any atom is -0.357 e. The number of halogens is 3. The summed E-state index contributed by atoms with van der Waals surface area (Å²) in [5.74, 6) is -0.984. The molecule has 11 heteroatoms. The zero-order chi connectivity index (χ0) is 31.1. The average molecular weight is 703 g/mol. The van der Waals surface area contributed by atoms with Gasteiger partial charge in [0.2, 0.25) is 11.8 Å². The molecule has 1 N–H and O–H groups in total. The molecule has 0 radical (unpaired) electrons. The Hall–Kier alpha value is -3.37. The molecule has 0 fully saturated rings. The summed E-state index contributed by atoms with van der Waals surface area (Å²) in [5.41, 5.74) is 2.52. The summed E-state index contributed by atoms with van der Waals surface area (Å²) in [5, 5.41) is 3.01. The Kier molecular flexibility index (Phi) is 10.9. The number of sulfonamides is 1. The van der Waals surface area contributed by atoms with Crippen LogP contribution in [0.25, 0.3) is 0 Å². The molecule has 4 aromatic rings. The lowest BCUT2D eigenvalue weighted by atomic mass is 10.0. The maximum Gasteiger partial charge on any atom is 0.264 e. The Bertz CT molecular complexity index is 1690. The van der Waals surface area contributed by atoms with Crippen molar-refractivity contribution in [2.45, 2.75) is 30.8 Å². The molecule has 1 atom stereocenters. The predicted octanol–water partition coefficient (Wildman–Crippen LogP) is 6.65. The molecule has 0 aliphatic heterocycles. The fourth-order valence-electron chi connectivity index (χ4n) is 4.53. The molecule has 0 aromatic heterocycles. The van der Waals surface area contributed by atoms with Crippen molar-refractivity contribution in [3.05, 3.63) is 128 Å². The van der Waals surface area contributed by atoms with E-state index in [0.29, 0.717) is 0 Å². The van der Waals surface area contributed by atoms with Gasteiger partial charge in [-0.15, -0.1) is 0 Å². The fraction of sp³-hybridized carbons (Fsp3) is 0.188. The number of aryl methyl sites for hydroxylation is 1. The van der Waals surface area contributed by atoms with Gasteiger partial charge in [0, 0.05) is 29.5 Å². The Balaban J connectivity index is 1.81. The van der Waals surface area contributed by atoms with Gasteiger partial charge in [-0.05, 0) is 60.5 Å². The maximum absolute atomic E-state index is 14.3. The van der Waals surface area contributed by atoms with Gasteiger partial charge < -0.3 is 10.2 Å². The number of carbonyl (C=O) groups excluding carboxylic acids is 2. The largest absolute Gasteiger partial charge is 0.357 e. The molecule has 0 spiro atoms. The molecule has 0 heterocycles. The summed E-state index contributed by atoms with van der Waals surface area (Å²) < 4.78 is 30.0. The number of likely N-dealkylation sites (N-methyl/N-ethyl adjacent to an activating group) is 1. The number of rotatable bonds is 11. The van der Waals surface area contributed by atoms with Crippen LogP contribution in [-0.4, -0.2) is 44.8 Å². The van der Waals surface area contributed by atoms with Crippen molar-refractivity contribution in [2.75, 3.05) is 17.9 Å². The van der Waals surface area contributed by atoms with E-state index in [1.165, 1.54) is 42.3 Å². The minimum absolute atomic E-state index is 0.0199. The van der Waals surface area contributed by atoms with Crippen LogP contribution in [0.2, 0.25) is 10.0 Å². The van der Waals surface area contributed by atoms with E-state index in [2.05, 4.69) is 21.2 Å². The van der Waals surface area contributed by atoms with Crippen LogP contribution in [0, 0.1) is 6.92 Å². The first kappa shape index (κ1) is 32.5. The van der Waals surface area contributed by atoms with E-state index in [9.17, 15) is 18.0 Å². The lowest BCUT2D eigenvalue weighted by Gasteiger charge is -2.33. The molecule has 7 nitrogen and oxygen atoms in total. The van der Waals surface area contributed by atoms with Gasteiger partial charge >= 0.3 is 0 Å². The maximum atomic E-state index is 14.3. The number of anilines is 1. The van der Waals surface area contributed by atoms with E-state index in [-0.39, 0.29) is 39.5 Å². The molecule has 0 unspecified atom stereocenters. The summed E-state index contributed by atoms with van der Waals surface area (Å²) in [6, 6.07) is 26.4. The highest BCUT2D eigenvalue weighted by Crippen LogP contribution is 2.33. The van der Waals surface area contributed by atoms with Gasteiger partial charge in [-0.1, -0.05) is 99.3 Å². The summed E-state index contributed by atoms with van der Waals surface area (Å²) in [6.45, 7) is 1.27. The topological polar surface area (TPSA) is 86.8 Å². The number of hydrogen-bond acceptors (Lipinski definition) is 4.